The fourth-order valence-corrected chi connectivity index (χ4v) is 3.60. The molecular weight excluding hydrogens is 232 g/mol. The molecule has 1 heterocycles. The van der Waals surface area contributed by atoms with Crippen molar-refractivity contribution in [3.8, 4) is 0 Å². The van der Waals surface area contributed by atoms with Gasteiger partial charge in [-0.05, 0) is 45.1 Å². The molecule has 0 radical (unpaired) electrons. The molecule has 1 aliphatic carbocycles. The first kappa shape index (κ1) is 13.1. The summed E-state index contributed by atoms with van der Waals surface area (Å²) in [5, 5.41) is 3.70. The first-order chi connectivity index (χ1) is 9.09. The minimum Gasteiger partial charge on any atom is -0.307 e. The largest absolute Gasteiger partial charge is 0.307 e. The molecule has 0 amide bonds. The van der Waals surface area contributed by atoms with Gasteiger partial charge in [0.2, 0.25) is 0 Å². The second-order valence-electron chi connectivity index (χ2n) is 6.80. The summed E-state index contributed by atoms with van der Waals surface area (Å²) in [7, 11) is 0. The summed E-state index contributed by atoms with van der Waals surface area (Å²) >= 11 is 0. The van der Waals surface area contributed by atoms with E-state index in [4.69, 9.17) is 0 Å². The monoisotopic (exact) mass is 258 g/mol. The van der Waals surface area contributed by atoms with Gasteiger partial charge in [-0.15, -0.1) is 0 Å². The van der Waals surface area contributed by atoms with Crippen LogP contribution in [-0.2, 0) is 0 Å². The predicted octanol–water partition coefficient (Wildman–Crippen LogP) is 3.21. The fraction of sp³-hybridized carbons (Fsp3) is 0.647. The fourth-order valence-electron chi connectivity index (χ4n) is 3.60. The van der Waals surface area contributed by atoms with E-state index in [2.05, 4.69) is 61.3 Å². The maximum Gasteiger partial charge on any atom is 0.0450 e. The van der Waals surface area contributed by atoms with Gasteiger partial charge in [0.25, 0.3) is 0 Å². The first-order valence-electron chi connectivity index (χ1n) is 7.64. The van der Waals surface area contributed by atoms with Crippen molar-refractivity contribution in [2.24, 2.45) is 5.92 Å². The molecule has 0 aromatic heterocycles. The molecule has 2 atom stereocenters. The van der Waals surface area contributed by atoms with Crippen LogP contribution in [0.4, 0.5) is 0 Å². The van der Waals surface area contributed by atoms with Crippen LogP contribution in [0.1, 0.15) is 45.2 Å². The number of nitrogens with one attached hydrogen (secondary N) is 1. The highest BCUT2D eigenvalue weighted by atomic mass is 15.3. The summed E-state index contributed by atoms with van der Waals surface area (Å²) in [6.07, 6.45) is 2.83. The lowest BCUT2D eigenvalue weighted by molar-refractivity contribution is 0.0240. The molecule has 1 aliphatic heterocycles. The maximum absolute atomic E-state index is 3.70. The van der Waals surface area contributed by atoms with Crippen molar-refractivity contribution >= 4 is 0 Å². The lowest BCUT2D eigenvalue weighted by Crippen LogP contribution is -2.59. The highest BCUT2D eigenvalue weighted by Gasteiger charge is 2.45. The van der Waals surface area contributed by atoms with Gasteiger partial charge < -0.3 is 5.32 Å². The molecule has 1 aromatic carbocycles. The average molecular weight is 258 g/mol. The van der Waals surface area contributed by atoms with Crippen molar-refractivity contribution in [3.05, 3.63) is 35.9 Å². The molecule has 2 unspecified atom stereocenters. The van der Waals surface area contributed by atoms with Crippen molar-refractivity contribution < 1.29 is 0 Å². The topological polar surface area (TPSA) is 15.3 Å². The second kappa shape index (κ2) is 4.92. The molecular formula is C17H26N2. The van der Waals surface area contributed by atoms with E-state index >= 15 is 0 Å². The number of rotatable bonds is 3. The highest BCUT2D eigenvalue weighted by molar-refractivity contribution is 5.20. The predicted molar refractivity (Wildman–Crippen MR) is 80.2 cm³/mol. The van der Waals surface area contributed by atoms with Gasteiger partial charge in [0.1, 0.15) is 0 Å². The van der Waals surface area contributed by atoms with E-state index in [0.717, 1.165) is 19.0 Å². The van der Waals surface area contributed by atoms with E-state index in [-0.39, 0.29) is 0 Å². The lowest BCUT2D eigenvalue weighted by Gasteiger charge is -2.48. The Morgan fingerprint density at radius 1 is 1.16 bits per heavy atom. The summed E-state index contributed by atoms with van der Waals surface area (Å²) in [6.45, 7) is 9.46. The Morgan fingerprint density at radius 2 is 1.84 bits per heavy atom. The number of nitrogens with zero attached hydrogens (tertiary/aromatic N) is 1. The van der Waals surface area contributed by atoms with Crippen molar-refractivity contribution in [2.75, 3.05) is 13.1 Å². The van der Waals surface area contributed by atoms with E-state index in [1.807, 2.05) is 0 Å². The Morgan fingerprint density at radius 3 is 2.47 bits per heavy atom. The molecule has 0 bridgehead atoms. The Balaban J connectivity index is 1.77. The number of piperazine rings is 1. The molecule has 1 saturated heterocycles. The third-order valence-electron chi connectivity index (χ3n) is 5.09. The molecule has 2 nitrogen and oxygen atoms in total. The van der Waals surface area contributed by atoms with Gasteiger partial charge in [-0.1, -0.05) is 30.3 Å². The number of hydrogen-bond donors (Lipinski definition) is 1. The van der Waals surface area contributed by atoms with Crippen LogP contribution in [0.15, 0.2) is 30.3 Å². The van der Waals surface area contributed by atoms with Crippen molar-refractivity contribution in [2.45, 2.75) is 51.2 Å². The zero-order valence-electron chi connectivity index (χ0n) is 12.4. The van der Waals surface area contributed by atoms with Crippen molar-refractivity contribution in [1.82, 2.24) is 10.2 Å². The van der Waals surface area contributed by atoms with Crippen LogP contribution in [0.5, 0.6) is 0 Å². The molecule has 19 heavy (non-hydrogen) atoms. The van der Waals surface area contributed by atoms with Gasteiger partial charge >= 0.3 is 0 Å². The molecule has 104 valence electrons. The average Bonchev–Trinajstić information content (AvgIpc) is 3.25. The van der Waals surface area contributed by atoms with E-state index in [1.54, 1.807) is 0 Å². The van der Waals surface area contributed by atoms with Crippen LogP contribution in [0, 0.1) is 5.92 Å². The minimum absolute atomic E-state index is 0.356. The molecule has 1 N–H and O–H groups in total. The highest BCUT2D eigenvalue weighted by Crippen LogP contribution is 2.44. The molecule has 0 spiro atoms. The van der Waals surface area contributed by atoms with Crippen LogP contribution in [0.25, 0.3) is 0 Å². The Kier molecular flexibility index (Phi) is 3.40. The quantitative estimate of drug-likeness (QED) is 0.895. The molecule has 2 heteroatoms. The third kappa shape index (κ3) is 2.56. The maximum atomic E-state index is 3.70. The molecule has 1 aromatic rings. The van der Waals surface area contributed by atoms with Gasteiger partial charge in [-0.3, -0.25) is 4.90 Å². The summed E-state index contributed by atoms with van der Waals surface area (Å²) in [4.78, 5) is 2.73. The second-order valence-corrected chi connectivity index (χ2v) is 6.80. The number of hydrogen-bond acceptors (Lipinski definition) is 2. The van der Waals surface area contributed by atoms with Crippen LogP contribution < -0.4 is 5.32 Å². The van der Waals surface area contributed by atoms with E-state index in [1.165, 1.54) is 18.4 Å². The standard InChI is InChI=1S/C17H26N2/c1-13-11-18-16(14-7-5-4-6-8-14)12-19(13)17(2,3)15-9-10-15/h4-8,13,15-16,18H,9-12H2,1-3H3. The minimum atomic E-state index is 0.356. The van der Waals surface area contributed by atoms with Gasteiger partial charge in [0.05, 0.1) is 0 Å². The molecule has 3 rings (SSSR count). The van der Waals surface area contributed by atoms with Gasteiger partial charge in [0, 0.05) is 30.7 Å². The lowest BCUT2D eigenvalue weighted by atomic mass is 9.90. The van der Waals surface area contributed by atoms with Crippen LogP contribution >= 0.6 is 0 Å². The van der Waals surface area contributed by atoms with Crippen molar-refractivity contribution in [3.63, 3.8) is 0 Å². The Labute approximate surface area is 117 Å². The summed E-state index contributed by atoms with van der Waals surface area (Å²) < 4.78 is 0. The summed E-state index contributed by atoms with van der Waals surface area (Å²) in [6, 6.07) is 12.0. The first-order valence-corrected chi connectivity index (χ1v) is 7.64. The van der Waals surface area contributed by atoms with Crippen LogP contribution in [0.3, 0.4) is 0 Å². The van der Waals surface area contributed by atoms with Gasteiger partial charge in [-0.2, -0.15) is 0 Å². The molecule has 2 fully saturated rings. The summed E-state index contributed by atoms with van der Waals surface area (Å²) in [5.41, 5.74) is 1.78. The van der Waals surface area contributed by atoms with E-state index < -0.39 is 0 Å². The SMILES string of the molecule is CC1CNC(c2ccccc2)CN1C(C)(C)C1CC1. The smallest absolute Gasteiger partial charge is 0.0450 e. The van der Waals surface area contributed by atoms with E-state index in [9.17, 15) is 0 Å². The Hall–Kier alpha value is -0.860. The number of benzene rings is 1. The van der Waals surface area contributed by atoms with Crippen LogP contribution in [0.2, 0.25) is 0 Å². The van der Waals surface area contributed by atoms with Crippen LogP contribution in [-0.4, -0.2) is 29.6 Å². The zero-order chi connectivity index (χ0) is 13.5. The summed E-state index contributed by atoms with van der Waals surface area (Å²) in [5.74, 6) is 0.907. The Bertz CT molecular complexity index is 422. The van der Waals surface area contributed by atoms with E-state index in [0.29, 0.717) is 17.6 Å². The zero-order valence-corrected chi connectivity index (χ0v) is 12.4. The van der Waals surface area contributed by atoms with Gasteiger partial charge in [-0.25, -0.2) is 0 Å². The molecule has 2 aliphatic rings. The molecule has 1 saturated carbocycles. The third-order valence-corrected chi connectivity index (χ3v) is 5.09. The van der Waals surface area contributed by atoms with Crippen molar-refractivity contribution in [1.29, 1.82) is 0 Å². The normalized spacial score (nSPS) is 29.4. The van der Waals surface area contributed by atoms with Gasteiger partial charge in [0.15, 0.2) is 0 Å².